The number of nitrogens with zero attached hydrogens (tertiary/aromatic N) is 1. The summed E-state index contributed by atoms with van der Waals surface area (Å²) in [6, 6.07) is 13.0. The molecular formula is C26H29NO4. The molecule has 2 aromatic carbocycles. The average molecular weight is 420 g/mol. The SMILES string of the molecule is Cc1ccc2c(c1C)OC1(CCN(C(=O)CCCC(=O)c3ccccc3)CC1)CC2=O. The lowest BCUT2D eigenvalue weighted by Gasteiger charge is -2.44. The van der Waals surface area contributed by atoms with Crippen molar-refractivity contribution >= 4 is 17.5 Å². The van der Waals surface area contributed by atoms with E-state index in [1.807, 2.05) is 49.1 Å². The lowest BCUT2D eigenvalue weighted by atomic mass is 9.81. The van der Waals surface area contributed by atoms with Crippen molar-refractivity contribution in [3.8, 4) is 5.75 Å². The molecule has 1 saturated heterocycles. The first-order chi connectivity index (χ1) is 14.9. The Kier molecular flexibility index (Phi) is 5.94. The minimum absolute atomic E-state index is 0.0736. The van der Waals surface area contributed by atoms with E-state index in [2.05, 4.69) is 0 Å². The zero-order valence-corrected chi connectivity index (χ0v) is 18.3. The number of Topliss-reactive ketones (excluding diaryl/α,β-unsaturated/α-hetero) is 2. The Balaban J connectivity index is 1.31. The van der Waals surface area contributed by atoms with Gasteiger partial charge in [-0.25, -0.2) is 0 Å². The first-order valence-corrected chi connectivity index (χ1v) is 11.1. The molecule has 0 bridgehead atoms. The Morgan fingerprint density at radius 1 is 1.00 bits per heavy atom. The van der Waals surface area contributed by atoms with Gasteiger partial charge in [0.25, 0.3) is 0 Å². The molecule has 2 aromatic rings. The molecule has 0 saturated carbocycles. The van der Waals surface area contributed by atoms with E-state index in [0.29, 0.717) is 62.7 Å². The standard InChI is InChI=1S/C26H29NO4/c1-18-11-12-21-23(29)17-26(31-25(21)19(18)2)13-15-27(16-14-26)24(30)10-6-9-22(28)20-7-4-3-5-8-20/h3-5,7-8,11-12H,6,9-10,13-17H2,1-2H3. The van der Waals surface area contributed by atoms with E-state index in [0.717, 1.165) is 16.9 Å². The first kappa shape index (κ1) is 21.3. The number of likely N-dealkylation sites (tertiary alicyclic amines) is 1. The highest BCUT2D eigenvalue weighted by Crippen LogP contribution is 2.41. The Hall–Kier alpha value is -2.95. The molecular weight excluding hydrogens is 390 g/mol. The second-order valence-electron chi connectivity index (χ2n) is 8.79. The molecule has 0 unspecified atom stereocenters. The van der Waals surface area contributed by atoms with Crippen LogP contribution in [-0.4, -0.2) is 41.1 Å². The van der Waals surface area contributed by atoms with Crippen LogP contribution in [0.2, 0.25) is 0 Å². The maximum Gasteiger partial charge on any atom is 0.222 e. The Morgan fingerprint density at radius 3 is 2.42 bits per heavy atom. The molecule has 2 heterocycles. The summed E-state index contributed by atoms with van der Waals surface area (Å²) in [7, 11) is 0. The third-order valence-corrected chi connectivity index (χ3v) is 6.70. The van der Waals surface area contributed by atoms with E-state index in [1.165, 1.54) is 0 Å². The molecule has 0 atom stereocenters. The molecule has 2 aliphatic rings. The average Bonchev–Trinajstić information content (AvgIpc) is 2.77. The number of carbonyl (C=O) groups is 3. The number of ketones is 2. The van der Waals surface area contributed by atoms with E-state index < -0.39 is 5.60 Å². The number of amides is 1. The molecule has 5 nitrogen and oxygen atoms in total. The third-order valence-electron chi connectivity index (χ3n) is 6.70. The van der Waals surface area contributed by atoms with E-state index in [9.17, 15) is 14.4 Å². The van der Waals surface area contributed by atoms with Crippen LogP contribution in [0.5, 0.6) is 5.75 Å². The maximum atomic E-state index is 12.8. The summed E-state index contributed by atoms with van der Waals surface area (Å²) < 4.78 is 6.43. The van der Waals surface area contributed by atoms with Crippen LogP contribution >= 0.6 is 0 Å². The van der Waals surface area contributed by atoms with Crippen LogP contribution in [0.3, 0.4) is 0 Å². The highest BCUT2D eigenvalue weighted by atomic mass is 16.5. The van der Waals surface area contributed by atoms with E-state index in [-0.39, 0.29) is 17.5 Å². The number of piperidine rings is 1. The monoisotopic (exact) mass is 419 g/mol. The van der Waals surface area contributed by atoms with E-state index in [1.54, 1.807) is 12.1 Å². The Morgan fingerprint density at radius 2 is 1.71 bits per heavy atom. The van der Waals surface area contributed by atoms with Gasteiger partial charge in [-0.1, -0.05) is 36.4 Å². The molecule has 0 aliphatic carbocycles. The molecule has 4 rings (SSSR count). The van der Waals surface area contributed by atoms with Crippen molar-refractivity contribution in [2.45, 2.75) is 58.0 Å². The molecule has 1 amide bonds. The van der Waals surface area contributed by atoms with Crippen LogP contribution in [0.25, 0.3) is 0 Å². The van der Waals surface area contributed by atoms with Gasteiger partial charge in [0.2, 0.25) is 5.91 Å². The van der Waals surface area contributed by atoms with Gasteiger partial charge in [0.15, 0.2) is 11.6 Å². The van der Waals surface area contributed by atoms with Gasteiger partial charge in [-0.2, -0.15) is 0 Å². The molecule has 5 heteroatoms. The van der Waals surface area contributed by atoms with Gasteiger partial charge in [0.1, 0.15) is 11.4 Å². The van der Waals surface area contributed by atoms with Gasteiger partial charge in [0, 0.05) is 44.3 Å². The predicted molar refractivity (Wildman–Crippen MR) is 119 cm³/mol. The van der Waals surface area contributed by atoms with Crippen molar-refractivity contribution in [2.24, 2.45) is 0 Å². The summed E-state index contributed by atoms with van der Waals surface area (Å²) in [6.45, 7) is 5.18. The first-order valence-electron chi connectivity index (χ1n) is 11.1. The maximum absolute atomic E-state index is 12.8. The van der Waals surface area contributed by atoms with E-state index in [4.69, 9.17) is 4.74 Å². The number of hydrogen-bond donors (Lipinski definition) is 0. The topological polar surface area (TPSA) is 63.7 Å². The van der Waals surface area contributed by atoms with Crippen molar-refractivity contribution in [3.63, 3.8) is 0 Å². The van der Waals surface area contributed by atoms with Crippen LogP contribution < -0.4 is 4.74 Å². The minimum Gasteiger partial charge on any atom is -0.486 e. The third kappa shape index (κ3) is 4.41. The molecule has 162 valence electrons. The second-order valence-corrected chi connectivity index (χ2v) is 8.79. The van der Waals surface area contributed by atoms with Crippen molar-refractivity contribution in [2.75, 3.05) is 13.1 Å². The summed E-state index contributed by atoms with van der Waals surface area (Å²) in [6.07, 6.45) is 2.97. The van der Waals surface area contributed by atoms with Crippen molar-refractivity contribution < 1.29 is 19.1 Å². The number of fused-ring (bicyclic) bond motifs is 1. The quantitative estimate of drug-likeness (QED) is 0.660. The van der Waals surface area contributed by atoms with Gasteiger partial charge in [-0.3, -0.25) is 14.4 Å². The lowest BCUT2D eigenvalue weighted by molar-refractivity contribution is -0.134. The van der Waals surface area contributed by atoms with Crippen LogP contribution in [-0.2, 0) is 4.79 Å². The van der Waals surface area contributed by atoms with Crippen LogP contribution in [0, 0.1) is 13.8 Å². The smallest absolute Gasteiger partial charge is 0.222 e. The summed E-state index contributed by atoms with van der Waals surface area (Å²) in [4.78, 5) is 39.5. The van der Waals surface area contributed by atoms with Crippen LogP contribution in [0.1, 0.15) is 70.4 Å². The Labute approximate surface area is 183 Å². The van der Waals surface area contributed by atoms with Gasteiger partial charge >= 0.3 is 0 Å². The van der Waals surface area contributed by atoms with Crippen LogP contribution in [0.4, 0.5) is 0 Å². The predicted octanol–water partition coefficient (Wildman–Crippen LogP) is 4.68. The minimum atomic E-state index is -0.511. The van der Waals surface area contributed by atoms with Gasteiger partial charge in [0.05, 0.1) is 12.0 Å². The second kappa shape index (κ2) is 8.66. The highest BCUT2D eigenvalue weighted by Gasteiger charge is 2.44. The van der Waals surface area contributed by atoms with E-state index >= 15 is 0 Å². The number of carbonyl (C=O) groups excluding carboxylic acids is 3. The van der Waals surface area contributed by atoms with Crippen LogP contribution in [0.15, 0.2) is 42.5 Å². The molecule has 0 radical (unpaired) electrons. The molecule has 1 fully saturated rings. The zero-order valence-electron chi connectivity index (χ0n) is 18.3. The summed E-state index contributed by atoms with van der Waals surface area (Å²) in [5.41, 5.74) is 2.99. The van der Waals surface area contributed by atoms with Gasteiger partial charge < -0.3 is 9.64 Å². The van der Waals surface area contributed by atoms with Gasteiger partial charge in [-0.15, -0.1) is 0 Å². The number of ether oxygens (including phenoxy) is 1. The molecule has 0 N–H and O–H groups in total. The molecule has 2 aliphatic heterocycles. The zero-order chi connectivity index (χ0) is 22.0. The largest absolute Gasteiger partial charge is 0.486 e. The fourth-order valence-corrected chi connectivity index (χ4v) is 4.55. The fourth-order valence-electron chi connectivity index (χ4n) is 4.55. The van der Waals surface area contributed by atoms with Gasteiger partial charge in [-0.05, 0) is 37.5 Å². The number of hydrogen-bond acceptors (Lipinski definition) is 4. The number of benzene rings is 2. The molecule has 0 aromatic heterocycles. The fraction of sp³-hybridized carbons (Fsp3) is 0.423. The van der Waals surface area contributed by atoms with Crippen molar-refractivity contribution in [1.82, 2.24) is 4.90 Å². The molecule has 31 heavy (non-hydrogen) atoms. The number of aryl methyl sites for hydroxylation is 1. The summed E-state index contributed by atoms with van der Waals surface area (Å²) in [5.74, 6) is 0.994. The summed E-state index contributed by atoms with van der Waals surface area (Å²) in [5, 5.41) is 0. The summed E-state index contributed by atoms with van der Waals surface area (Å²) >= 11 is 0. The molecule has 1 spiro atoms. The normalized spacial score (nSPS) is 17.2. The number of rotatable bonds is 5. The highest BCUT2D eigenvalue weighted by molar-refractivity contribution is 6.01. The van der Waals surface area contributed by atoms with Crippen molar-refractivity contribution in [1.29, 1.82) is 0 Å². The van der Waals surface area contributed by atoms with Crippen molar-refractivity contribution in [3.05, 3.63) is 64.7 Å². The lowest BCUT2D eigenvalue weighted by Crippen LogP contribution is -2.52. The Bertz CT molecular complexity index is 1000.